The number of oxime groups is 1. The van der Waals surface area contributed by atoms with E-state index in [4.69, 9.17) is 21.5 Å². The first kappa shape index (κ1) is 18.4. The van der Waals surface area contributed by atoms with E-state index >= 15 is 0 Å². The van der Waals surface area contributed by atoms with Gasteiger partial charge in [0.2, 0.25) is 0 Å². The minimum Gasteiger partial charge on any atom is -0.444 e. The van der Waals surface area contributed by atoms with Gasteiger partial charge in [0, 0.05) is 17.9 Å². The lowest BCUT2D eigenvalue weighted by molar-refractivity contribution is 0.0243. The Bertz CT molecular complexity index is 568. The van der Waals surface area contributed by atoms with Crippen molar-refractivity contribution >= 4 is 38.6 Å². The summed E-state index contributed by atoms with van der Waals surface area (Å²) >= 11 is 5.76. The second kappa shape index (κ2) is 6.65. The van der Waals surface area contributed by atoms with E-state index in [0.29, 0.717) is 5.56 Å². The lowest BCUT2D eigenvalue weighted by atomic mass is 9.57. The molecule has 0 heterocycles. The van der Waals surface area contributed by atoms with Crippen LogP contribution in [-0.2, 0) is 10.1 Å². The molecule has 0 unspecified atom stereocenters. The molecule has 5 nitrogen and oxygen atoms in total. The number of benzene rings is 1. The van der Waals surface area contributed by atoms with Crippen LogP contribution in [0.5, 0.6) is 0 Å². The van der Waals surface area contributed by atoms with E-state index in [2.05, 4.69) is 5.16 Å². The van der Waals surface area contributed by atoms with Crippen molar-refractivity contribution in [2.45, 2.75) is 31.7 Å². The zero-order chi connectivity index (χ0) is 17.1. The molecule has 0 atom stereocenters. The molecule has 1 amide bonds. The molecule has 1 rings (SSSR count). The monoisotopic (exact) mass is 322 g/mol. The minimum absolute atomic E-state index is 0.0184. The third kappa shape index (κ3) is 4.44. The summed E-state index contributed by atoms with van der Waals surface area (Å²) in [6.07, 6.45) is -0.392. The zero-order valence-electron chi connectivity index (χ0n) is 13.8. The number of halogens is 1. The molecule has 0 saturated heterocycles. The van der Waals surface area contributed by atoms with Gasteiger partial charge in [-0.1, -0.05) is 41.0 Å². The number of amides is 1. The largest absolute Gasteiger partial charge is 0.444 e. The Morgan fingerprint density at radius 3 is 2.18 bits per heavy atom. The van der Waals surface area contributed by atoms with Gasteiger partial charge in [-0.3, -0.25) is 0 Å². The molecular weight excluding hydrogens is 301 g/mol. The number of ether oxygens (including phenoxy) is 1. The van der Waals surface area contributed by atoms with Gasteiger partial charge in [-0.25, -0.2) is 4.79 Å². The summed E-state index contributed by atoms with van der Waals surface area (Å²) in [4.78, 5) is 13.8. The van der Waals surface area contributed by atoms with Crippen LogP contribution >= 0.6 is 11.6 Å². The Morgan fingerprint density at radius 1 is 1.27 bits per heavy atom. The average molecular weight is 322 g/mol. The third-order valence-corrected chi connectivity index (χ3v) is 3.72. The summed E-state index contributed by atoms with van der Waals surface area (Å²) in [6.45, 7) is 5.49. The number of carbonyl (C=O) groups is 1. The van der Waals surface area contributed by atoms with Crippen molar-refractivity contribution in [2.75, 3.05) is 7.05 Å². The molecular formula is C14H21B2ClN2O3. The van der Waals surface area contributed by atoms with Crippen molar-refractivity contribution in [3.8, 4) is 0 Å². The Morgan fingerprint density at radius 2 is 1.77 bits per heavy atom. The highest BCUT2D eigenvalue weighted by Gasteiger charge is 2.32. The molecule has 0 aliphatic rings. The predicted molar refractivity (Wildman–Crippen MR) is 93.4 cm³/mol. The van der Waals surface area contributed by atoms with Crippen molar-refractivity contribution in [3.05, 3.63) is 35.4 Å². The Hall–Kier alpha value is -1.62. The standard InChI is InChI=1S/C14H21B2ClN2O3/c1-13(2,3)22-12(20)19(4)14(15,16)10-7-5-9(6-8-10)11(17)18-21/h5-8,21H,15-16H2,1-4H3/b18-11-. The normalized spacial score (nSPS) is 12.9. The van der Waals surface area contributed by atoms with Crippen LogP contribution < -0.4 is 0 Å². The number of hydrogen-bond acceptors (Lipinski definition) is 4. The van der Waals surface area contributed by atoms with Gasteiger partial charge in [0.15, 0.2) is 5.17 Å². The Labute approximate surface area is 138 Å². The average Bonchev–Trinajstić information content (AvgIpc) is 2.43. The third-order valence-electron chi connectivity index (χ3n) is 3.42. The summed E-state index contributed by atoms with van der Waals surface area (Å²) in [7, 11) is 5.55. The van der Waals surface area contributed by atoms with E-state index in [-0.39, 0.29) is 5.17 Å². The lowest BCUT2D eigenvalue weighted by Crippen LogP contribution is -2.49. The second-order valence-corrected chi connectivity index (χ2v) is 6.92. The van der Waals surface area contributed by atoms with Crippen LogP contribution in [0, 0.1) is 0 Å². The quantitative estimate of drug-likeness (QED) is 0.395. The summed E-state index contributed by atoms with van der Waals surface area (Å²) < 4.78 is 5.40. The second-order valence-electron chi connectivity index (χ2n) is 6.57. The van der Waals surface area contributed by atoms with Gasteiger partial charge < -0.3 is 14.8 Å². The molecule has 1 aromatic rings. The molecule has 0 saturated carbocycles. The van der Waals surface area contributed by atoms with Crippen LogP contribution in [0.1, 0.15) is 31.9 Å². The Kier molecular flexibility index (Phi) is 5.57. The number of carbonyl (C=O) groups excluding carboxylic acids is 1. The summed E-state index contributed by atoms with van der Waals surface area (Å²) in [5, 5.41) is 11.1. The molecule has 8 heteroatoms. The maximum Gasteiger partial charge on any atom is 0.409 e. The highest BCUT2D eigenvalue weighted by Crippen LogP contribution is 2.23. The van der Waals surface area contributed by atoms with Crippen LogP contribution in [0.15, 0.2) is 29.4 Å². The number of hydrogen-bond donors (Lipinski definition) is 1. The van der Waals surface area contributed by atoms with Gasteiger partial charge in [-0.05, 0) is 26.3 Å². The molecule has 0 spiro atoms. The first-order valence-electron chi connectivity index (χ1n) is 6.94. The molecule has 0 bridgehead atoms. The topological polar surface area (TPSA) is 62.1 Å². The number of nitrogens with zero attached hydrogens (tertiary/aromatic N) is 2. The van der Waals surface area contributed by atoms with Crippen LogP contribution in [0.25, 0.3) is 0 Å². The van der Waals surface area contributed by atoms with E-state index in [1.807, 2.05) is 48.6 Å². The van der Waals surface area contributed by atoms with Gasteiger partial charge in [0.05, 0.1) is 0 Å². The molecule has 0 fully saturated rings. The molecule has 0 aliphatic heterocycles. The summed E-state index contributed by atoms with van der Waals surface area (Å²) in [6, 6.07) is 7.15. The lowest BCUT2D eigenvalue weighted by Gasteiger charge is -2.37. The zero-order valence-corrected chi connectivity index (χ0v) is 14.6. The van der Waals surface area contributed by atoms with Crippen molar-refractivity contribution < 1.29 is 14.7 Å². The fraction of sp³-hybridized carbons (Fsp3) is 0.429. The van der Waals surface area contributed by atoms with Crippen LogP contribution in [-0.4, -0.2) is 49.7 Å². The first-order valence-corrected chi connectivity index (χ1v) is 7.32. The van der Waals surface area contributed by atoms with Gasteiger partial charge in [-0.2, -0.15) is 0 Å². The Balaban J connectivity index is 3.00. The van der Waals surface area contributed by atoms with Crippen molar-refractivity contribution in [3.63, 3.8) is 0 Å². The first-order chi connectivity index (χ1) is 9.99. The fourth-order valence-electron chi connectivity index (χ4n) is 1.83. The van der Waals surface area contributed by atoms with Crippen molar-refractivity contribution in [1.29, 1.82) is 0 Å². The van der Waals surface area contributed by atoms with Gasteiger partial charge in [-0.15, -0.1) is 0 Å². The highest BCUT2D eigenvalue weighted by molar-refractivity contribution is 6.69. The SMILES string of the molecule is BC(B)(c1ccc(/C(Cl)=N/O)cc1)N(C)C(=O)OC(C)(C)C. The van der Waals surface area contributed by atoms with E-state index in [9.17, 15) is 4.79 Å². The smallest absolute Gasteiger partial charge is 0.409 e. The molecule has 0 aromatic heterocycles. The van der Waals surface area contributed by atoms with Crippen molar-refractivity contribution in [1.82, 2.24) is 4.90 Å². The van der Waals surface area contributed by atoms with Crippen LogP contribution in [0.4, 0.5) is 4.79 Å². The molecule has 0 radical (unpaired) electrons. The van der Waals surface area contributed by atoms with Gasteiger partial charge in [0.1, 0.15) is 21.3 Å². The summed E-state index contributed by atoms with van der Waals surface area (Å²) in [5.74, 6) is 0. The summed E-state index contributed by atoms with van der Waals surface area (Å²) in [5.41, 5.74) is 0.965. The highest BCUT2D eigenvalue weighted by atomic mass is 35.5. The van der Waals surface area contributed by atoms with E-state index in [0.717, 1.165) is 5.56 Å². The van der Waals surface area contributed by atoms with Gasteiger partial charge in [0.25, 0.3) is 0 Å². The predicted octanol–water partition coefficient (Wildman–Crippen LogP) is 1.30. The van der Waals surface area contributed by atoms with Gasteiger partial charge >= 0.3 is 6.09 Å². The maximum absolute atomic E-state index is 12.2. The van der Waals surface area contributed by atoms with E-state index < -0.39 is 17.0 Å². The maximum atomic E-state index is 12.2. The molecule has 1 N–H and O–H groups in total. The molecule has 0 aliphatic carbocycles. The van der Waals surface area contributed by atoms with Crippen LogP contribution in [0.2, 0.25) is 0 Å². The molecule has 1 aromatic carbocycles. The fourth-order valence-corrected chi connectivity index (χ4v) is 1.95. The minimum atomic E-state index is -0.566. The van der Waals surface area contributed by atoms with Crippen molar-refractivity contribution in [2.24, 2.45) is 5.16 Å². The molecule has 22 heavy (non-hydrogen) atoms. The van der Waals surface area contributed by atoms with E-state index in [1.54, 1.807) is 24.1 Å². The number of rotatable bonds is 3. The molecule has 118 valence electrons. The van der Waals surface area contributed by atoms with Crippen LogP contribution in [0.3, 0.4) is 0 Å². The van der Waals surface area contributed by atoms with E-state index in [1.165, 1.54) is 0 Å².